The fourth-order valence-electron chi connectivity index (χ4n) is 2.79. The van der Waals surface area contributed by atoms with Gasteiger partial charge in [-0.1, -0.05) is 19.1 Å². The highest BCUT2D eigenvalue weighted by Crippen LogP contribution is 2.23. The first kappa shape index (κ1) is 17.5. The van der Waals surface area contributed by atoms with Gasteiger partial charge in [0.2, 0.25) is 0 Å². The van der Waals surface area contributed by atoms with Gasteiger partial charge in [0, 0.05) is 13.1 Å². The summed E-state index contributed by atoms with van der Waals surface area (Å²) in [5.41, 5.74) is 0.176. The summed E-state index contributed by atoms with van der Waals surface area (Å²) in [4.78, 5) is 25.2. The molecule has 1 aromatic carbocycles. The third kappa shape index (κ3) is 3.90. The van der Waals surface area contributed by atoms with Gasteiger partial charge in [-0.15, -0.1) is 0 Å². The van der Waals surface area contributed by atoms with Crippen LogP contribution in [0.25, 0.3) is 0 Å². The number of carbonyl (C=O) groups is 2. The lowest BCUT2D eigenvalue weighted by Crippen LogP contribution is -2.40. The number of likely N-dealkylation sites (tertiary alicyclic amines) is 1. The number of hydrogen-bond acceptors (Lipinski definition) is 4. The van der Waals surface area contributed by atoms with E-state index in [0.29, 0.717) is 32.4 Å². The molecule has 0 aliphatic carbocycles. The van der Waals surface area contributed by atoms with Crippen LogP contribution in [0.5, 0.6) is 0 Å². The quantitative estimate of drug-likeness (QED) is 0.883. The largest absolute Gasteiger partial charge is 0.481 e. The Morgan fingerprint density at radius 2 is 1.83 bits per heavy atom. The van der Waals surface area contributed by atoms with Crippen molar-refractivity contribution in [2.24, 2.45) is 5.92 Å². The molecule has 1 amide bonds. The summed E-state index contributed by atoms with van der Waals surface area (Å²) in [6.45, 7) is 2.44. The highest BCUT2D eigenvalue weighted by molar-refractivity contribution is 7.91. The summed E-state index contributed by atoms with van der Waals surface area (Å²) in [6, 6.07) is 6.23. The number of sulfone groups is 1. The molecule has 1 fully saturated rings. The molecule has 0 unspecified atom stereocenters. The molecule has 1 aromatic rings. The highest BCUT2D eigenvalue weighted by Gasteiger charge is 2.30. The fraction of sp³-hybridized carbons (Fsp3) is 0.500. The van der Waals surface area contributed by atoms with Gasteiger partial charge in [-0.25, -0.2) is 8.42 Å². The number of amides is 1. The lowest BCUT2D eigenvalue weighted by molar-refractivity contribution is -0.143. The van der Waals surface area contributed by atoms with Crippen LogP contribution < -0.4 is 0 Å². The van der Waals surface area contributed by atoms with Crippen molar-refractivity contribution < 1.29 is 23.1 Å². The lowest BCUT2D eigenvalue weighted by atomic mass is 9.96. The fourth-order valence-corrected chi connectivity index (χ4v) is 4.33. The molecule has 0 bridgehead atoms. The van der Waals surface area contributed by atoms with Gasteiger partial charge in [-0.05, 0) is 31.4 Å². The molecule has 1 heterocycles. The number of carboxylic acids is 1. The summed E-state index contributed by atoms with van der Waals surface area (Å²) < 4.78 is 24.7. The van der Waals surface area contributed by atoms with Gasteiger partial charge in [0.05, 0.1) is 22.1 Å². The second kappa shape index (κ2) is 7.12. The Morgan fingerprint density at radius 1 is 1.22 bits per heavy atom. The van der Waals surface area contributed by atoms with Gasteiger partial charge in [0.15, 0.2) is 9.84 Å². The van der Waals surface area contributed by atoms with Crippen LogP contribution in [0.2, 0.25) is 0 Å². The van der Waals surface area contributed by atoms with Crippen molar-refractivity contribution >= 4 is 21.7 Å². The van der Waals surface area contributed by atoms with Crippen LogP contribution in [0.4, 0.5) is 0 Å². The molecule has 1 aliphatic heterocycles. The average Bonchev–Trinajstić information content (AvgIpc) is 2.54. The van der Waals surface area contributed by atoms with E-state index < -0.39 is 21.7 Å². The van der Waals surface area contributed by atoms with Crippen molar-refractivity contribution in [1.82, 2.24) is 4.90 Å². The van der Waals surface area contributed by atoms with E-state index in [1.807, 2.05) is 0 Å². The molecule has 0 aromatic heterocycles. The Morgan fingerprint density at radius 3 is 2.39 bits per heavy atom. The molecule has 6 nitrogen and oxygen atoms in total. The molecule has 126 valence electrons. The third-order valence-corrected chi connectivity index (χ3v) is 6.03. The summed E-state index contributed by atoms with van der Waals surface area (Å²) in [6.07, 6.45) is 1.27. The maximum atomic E-state index is 12.7. The zero-order valence-electron chi connectivity index (χ0n) is 13.1. The van der Waals surface area contributed by atoms with Gasteiger partial charge in [-0.3, -0.25) is 9.59 Å². The van der Waals surface area contributed by atoms with E-state index in [-0.39, 0.29) is 22.1 Å². The van der Waals surface area contributed by atoms with Crippen LogP contribution in [0, 0.1) is 5.92 Å². The number of hydrogen-bond donors (Lipinski definition) is 1. The first-order valence-corrected chi connectivity index (χ1v) is 9.36. The molecule has 23 heavy (non-hydrogen) atoms. The second-order valence-corrected chi connectivity index (χ2v) is 7.80. The predicted octanol–water partition coefficient (Wildman–Crippen LogP) is 1.81. The first-order chi connectivity index (χ1) is 10.9. The van der Waals surface area contributed by atoms with Crippen molar-refractivity contribution in [3.05, 3.63) is 29.8 Å². The number of piperidine rings is 1. The average molecular weight is 339 g/mol. The topological polar surface area (TPSA) is 91.8 Å². The van der Waals surface area contributed by atoms with Gasteiger partial charge in [0.1, 0.15) is 0 Å². The van der Waals surface area contributed by atoms with Crippen LogP contribution >= 0.6 is 0 Å². The number of rotatable bonds is 5. The van der Waals surface area contributed by atoms with Gasteiger partial charge < -0.3 is 10.0 Å². The van der Waals surface area contributed by atoms with Gasteiger partial charge in [0.25, 0.3) is 5.91 Å². The standard InChI is InChI=1S/C16H21NO5S/c1-2-11-23(21,22)14-6-4-3-5-13(14)15(18)17-9-7-12(8-10-17)16(19)20/h3-6,12H,2,7-11H2,1H3,(H,19,20). The van der Waals surface area contributed by atoms with Gasteiger partial charge >= 0.3 is 5.97 Å². The van der Waals surface area contributed by atoms with Gasteiger partial charge in [-0.2, -0.15) is 0 Å². The first-order valence-electron chi connectivity index (χ1n) is 7.70. The molecule has 1 saturated heterocycles. The summed E-state index contributed by atoms with van der Waals surface area (Å²) in [7, 11) is -3.49. The van der Waals surface area contributed by atoms with Crippen molar-refractivity contribution in [1.29, 1.82) is 0 Å². The predicted molar refractivity (Wildman–Crippen MR) is 85.0 cm³/mol. The third-order valence-electron chi connectivity index (χ3n) is 4.06. The summed E-state index contributed by atoms with van der Waals surface area (Å²) in [5.74, 6) is -1.62. The Bertz CT molecular complexity index is 690. The van der Waals surface area contributed by atoms with Crippen LogP contribution in [-0.2, 0) is 14.6 Å². The van der Waals surface area contributed by atoms with Crippen molar-refractivity contribution in [3.8, 4) is 0 Å². The highest BCUT2D eigenvalue weighted by atomic mass is 32.2. The zero-order chi connectivity index (χ0) is 17.0. The van der Waals surface area contributed by atoms with Crippen LogP contribution in [0.3, 0.4) is 0 Å². The number of carboxylic acid groups (broad SMARTS) is 1. The second-order valence-electron chi connectivity index (χ2n) is 5.72. The van der Waals surface area contributed by atoms with E-state index in [1.54, 1.807) is 24.0 Å². The molecule has 0 spiro atoms. The number of aliphatic carboxylic acids is 1. The minimum atomic E-state index is -3.49. The molecule has 0 saturated carbocycles. The molecular weight excluding hydrogens is 318 g/mol. The lowest BCUT2D eigenvalue weighted by Gasteiger charge is -2.30. The smallest absolute Gasteiger partial charge is 0.306 e. The molecule has 1 N–H and O–H groups in total. The van der Waals surface area contributed by atoms with Crippen molar-refractivity contribution in [2.75, 3.05) is 18.8 Å². The minimum absolute atomic E-state index is 0.00161. The SMILES string of the molecule is CCCS(=O)(=O)c1ccccc1C(=O)N1CCC(C(=O)O)CC1. The summed E-state index contributed by atoms with van der Waals surface area (Å²) >= 11 is 0. The van der Waals surface area contributed by atoms with E-state index in [0.717, 1.165) is 0 Å². The van der Waals surface area contributed by atoms with E-state index in [9.17, 15) is 18.0 Å². The maximum Gasteiger partial charge on any atom is 0.306 e. The maximum absolute atomic E-state index is 12.7. The Balaban J connectivity index is 2.23. The van der Waals surface area contributed by atoms with Crippen LogP contribution in [0.15, 0.2) is 29.2 Å². The normalized spacial score (nSPS) is 16.3. The molecule has 0 radical (unpaired) electrons. The molecule has 7 heteroatoms. The monoisotopic (exact) mass is 339 g/mol. The molecule has 2 rings (SSSR count). The summed E-state index contributed by atoms with van der Waals surface area (Å²) in [5, 5.41) is 9.01. The van der Waals surface area contributed by atoms with Crippen LogP contribution in [-0.4, -0.2) is 49.1 Å². The molecule has 0 atom stereocenters. The number of nitrogens with zero attached hydrogens (tertiary/aromatic N) is 1. The molecular formula is C16H21NO5S. The molecule has 1 aliphatic rings. The van der Waals surface area contributed by atoms with E-state index in [1.165, 1.54) is 12.1 Å². The van der Waals surface area contributed by atoms with Crippen molar-refractivity contribution in [2.45, 2.75) is 31.1 Å². The Labute approximate surface area is 136 Å². The van der Waals surface area contributed by atoms with E-state index in [2.05, 4.69) is 0 Å². The minimum Gasteiger partial charge on any atom is -0.481 e. The zero-order valence-corrected chi connectivity index (χ0v) is 13.9. The van der Waals surface area contributed by atoms with Crippen LogP contribution in [0.1, 0.15) is 36.5 Å². The van der Waals surface area contributed by atoms with E-state index in [4.69, 9.17) is 5.11 Å². The number of carbonyl (C=O) groups excluding carboxylic acids is 1. The van der Waals surface area contributed by atoms with Crippen molar-refractivity contribution in [3.63, 3.8) is 0 Å². The Kier molecular flexibility index (Phi) is 5.41. The van der Waals surface area contributed by atoms with E-state index >= 15 is 0 Å². The number of benzene rings is 1. The Hall–Kier alpha value is -1.89.